The summed E-state index contributed by atoms with van der Waals surface area (Å²) in [7, 11) is 0. The largest absolute Gasteiger partial charge is 0.494 e. The van der Waals surface area contributed by atoms with Crippen LogP contribution in [0.25, 0.3) is 0 Å². The predicted molar refractivity (Wildman–Crippen MR) is 95.3 cm³/mol. The van der Waals surface area contributed by atoms with E-state index in [-0.39, 0.29) is 5.91 Å². The van der Waals surface area contributed by atoms with E-state index in [2.05, 4.69) is 16.7 Å². The Balaban J connectivity index is 1.78. The molecule has 0 aliphatic rings. The molecule has 0 radical (unpaired) electrons. The minimum absolute atomic E-state index is 0.00962. The van der Waals surface area contributed by atoms with Gasteiger partial charge >= 0.3 is 0 Å². The Morgan fingerprint density at radius 1 is 1.09 bits per heavy atom. The highest BCUT2D eigenvalue weighted by molar-refractivity contribution is 5.91. The molecule has 0 fully saturated rings. The van der Waals surface area contributed by atoms with Crippen LogP contribution >= 0.6 is 0 Å². The molecule has 2 rings (SSSR count). The van der Waals surface area contributed by atoms with Gasteiger partial charge in [-0.2, -0.15) is 0 Å². The number of aryl methyl sites for hydroxylation is 2. The molecule has 23 heavy (non-hydrogen) atoms. The number of nitrogens with one attached hydrogen (secondary N) is 2. The maximum absolute atomic E-state index is 12.0. The molecule has 1 amide bonds. The van der Waals surface area contributed by atoms with Crippen LogP contribution in [0.5, 0.6) is 5.75 Å². The smallest absolute Gasteiger partial charge is 0.226 e. The molecule has 4 nitrogen and oxygen atoms in total. The maximum atomic E-state index is 12.0. The van der Waals surface area contributed by atoms with Crippen LogP contribution in [0.4, 0.5) is 11.4 Å². The van der Waals surface area contributed by atoms with E-state index in [4.69, 9.17) is 4.74 Å². The van der Waals surface area contributed by atoms with Gasteiger partial charge in [-0.3, -0.25) is 4.79 Å². The third-order valence-corrected chi connectivity index (χ3v) is 3.50. The molecule has 0 aliphatic heterocycles. The van der Waals surface area contributed by atoms with Crippen molar-refractivity contribution in [2.24, 2.45) is 0 Å². The van der Waals surface area contributed by atoms with Gasteiger partial charge in [-0.15, -0.1) is 0 Å². The fourth-order valence-corrected chi connectivity index (χ4v) is 2.32. The van der Waals surface area contributed by atoms with Crippen LogP contribution in [-0.4, -0.2) is 19.1 Å². The molecule has 0 unspecified atom stereocenters. The van der Waals surface area contributed by atoms with E-state index >= 15 is 0 Å². The lowest BCUT2D eigenvalue weighted by molar-refractivity contribution is -0.115. The average Bonchev–Trinajstić information content (AvgIpc) is 2.52. The molecule has 2 aromatic carbocycles. The van der Waals surface area contributed by atoms with E-state index in [1.807, 2.05) is 57.2 Å². The number of hydrogen-bond donors (Lipinski definition) is 2. The third-order valence-electron chi connectivity index (χ3n) is 3.50. The highest BCUT2D eigenvalue weighted by Gasteiger charge is 2.05. The Hall–Kier alpha value is -2.49. The molecule has 122 valence electrons. The fourth-order valence-electron chi connectivity index (χ4n) is 2.32. The molecule has 0 saturated carbocycles. The first-order valence-electron chi connectivity index (χ1n) is 7.92. The van der Waals surface area contributed by atoms with Crippen molar-refractivity contribution in [1.29, 1.82) is 0 Å². The monoisotopic (exact) mass is 312 g/mol. The molecule has 0 heterocycles. The van der Waals surface area contributed by atoms with Crippen molar-refractivity contribution in [3.05, 3.63) is 53.6 Å². The van der Waals surface area contributed by atoms with Crippen molar-refractivity contribution in [3.63, 3.8) is 0 Å². The Morgan fingerprint density at radius 2 is 1.83 bits per heavy atom. The van der Waals surface area contributed by atoms with Gasteiger partial charge in [-0.1, -0.05) is 17.7 Å². The SMILES string of the molecule is CCOc1ccc(NCCC(=O)Nc2ccc(C)cc2C)cc1. The summed E-state index contributed by atoms with van der Waals surface area (Å²) in [6.07, 6.45) is 0.417. The quantitative estimate of drug-likeness (QED) is 0.808. The lowest BCUT2D eigenvalue weighted by Gasteiger charge is -2.10. The van der Waals surface area contributed by atoms with Gasteiger partial charge in [0.15, 0.2) is 0 Å². The van der Waals surface area contributed by atoms with Gasteiger partial charge < -0.3 is 15.4 Å². The van der Waals surface area contributed by atoms with Gasteiger partial charge in [-0.05, 0) is 56.7 Å². The van der Waals surface area contributed by atoms with Crippen molar-refractivity contribution in [1.82, 2.24) is 0 Å². The summed E-state index contributed by atoms with van der Waals surface area (Å²) < 4.78 is 5.40. The van der Waals surface area contributed by atoms with Crippen molar-refractivity contribution in [3.8, 4) is 5.75 Å². The Labute approximate surface area is 137 Å². The number of hydrogen-bond acceptors (Lipinski definition) is 3. The minimum atomic E-state index is 0.00962. The number of benzene rings is 2. The lowest BCUT2D eigenvalue weighted by atomic mass is 10.1. The first-order valence-corrected chi connectivity index (χ1v) is 7.92. The summed E-state index contributed by atoms with van der Waals surface area (Å²) in [4.78, 5) is 12.0. The van der Waals surface area contributed by atoms with Crippen LogP contribution in [0.2, 0.25) is 0 Å². The van der Waals surface area contributed by atoms with E-state index in [0.717, 1.165) is 22.7 Å². The molecular formula is C19H24N2O2. The summed E-state index contributed by atoms with van der Waals surface area (Å²) in [5.41, 5.74) is 4.13. The third kappa shape index (κ3) is 5.33. The van der Waals surface area contributed by atoms with Crippen LogP contribution in [0.1, 0.15) is 24.5 Å². The van der Waals surface area contributed by atoms with Crippen LogP contribution in [0, 0.1) is 13.8 Å². The number of carbonyl (C=O) groups is 1. The summed E-state index contributed by atoms with van der Waals surface area (Å²) >= 11 is 0. The van der Waals surface area contributed by atoms with Gasteiger partial charge in [0.25, 0.3) is 0 Å². The lowest BCUT2D eigenvalue weighted by Crippen LogP contribution is -2.16. The molecule has 0 atom stereocenters. The molecule has 0 bridgehead atoms. The van der Waals surface area contributed by atoms with Crippen molar-refractivity contribution >= 4 is 17.3 Å². The van der Waals surface area contributed by atoms with E-state index in [1.54, 1.807) is 0 Å². The van der Waals surface area contributed by atoms with E-state index in [1.165, 1.54) is 5.56 Å². The van der Waals surface area contributed by atoms with Crippen LogP contribution in [0.15, 0.2) is 42.5 Å². The van der Waals surface area contributed by atoms with Crippen molar-refractivity contribution in [2.45, 2.75) is 27.2 Å². The first-order chi connectivity index (χ1) is 11.1. The number of carbonyl (C=O) groups excluding carboxylic acids is 1. The zero-order valence-corrected chi connectivity index (χ0v) is 14.0. The van der Waals surface area contributed by atoms with Gasteiger partial charge in [0.1, 0.15) is 5.75 Å². The van der Waals surface area contributed by atoms with E-state index in [0.29, 0.717) is 19.6 Å². The normalized spacial score (nSPS) is 10.2. The van der Waals surface area contributed by atoms with Gasteiger partial charge in [0, 0.05) is 24.3 Å². The van der Waals surface area contributed by atoms with Gasteiger partial charge in [0.05, 0.1) is 6.61 Å². The Morgan fingerprint density at radius 3 is 2.48 bits per heavy atom. The van der Waals surface area contributed by atoms with E-state index in [9.17, 15) is 4.79 Å². The second-order valence-corrected chi connectivity index (χ2v) is 5.50. The Kier molecular flexibility index (Phi) is 6.03. The van der Waals surface area contributed by atoms with Crippen LogP contribution in [-0.2, 0) is 4.79 Å². The zero-order valence-electron chi connectivity index (χ0n) is 14.0. The minimum Gasteiger partial charge on any atom is -0.494 e. The zero-order chi connectivity index (χ0) is 16.7. The second kappa shape index (κ2) is 8.22. The number of rotatable bonds is 7. The molecule has 0 spiro atoms. The molecule has 2 aromatic rings. The van der Waals surface area contributed by atoms with Crippen LogP contribution < -0.4 is 15.4 Å². The highest BCUT2D eigenvalue weighted by atomic mass is 16.5. The molecule has 0 saturated heterocycles. The van der Waals surface area contributed by atoms with Crippen molar-refractivity contribution < 1.29 is 9.53 Å². The highest BCUT2D eigenvalue weighted by Crippen LogP contribution is 2.17. The van der Waals surface area contributed by atoms with Gasteiger partial charge in [0.2, 0.25) is 5.91 Å². The van der Waals surface area contributed by atoms with Gasteiger partial charge in [-0.25, -0.2) is 0 Å². The van der Waals surface area contributed by atoms with Crippen molar-refractivity contribution in [2.75, 3.05) is 23.8 Å². The second-order valence-electron chi connectivity index (χ2n) is 5.50. The Bertz CT molecular complexity index is 651. The fraction of sp³-hybridized carbons (Fsp3) is 0.316. The molecule has 0 aliphatic carbocycles. The predicted octanol–water partition coefficient (Wildman–Crippen LogP) is 4.14. The first kappa shape index (κ1) is 16.9. The van der Waals surface area contributed by atoms with E-state index < -0.39 is 0 Å². The molecule has 2 N–H and O–H groups in total. The summed E-state index contributed by atoms with van der Waals surface area (Å²) in [5, 5.41) is 6.19. The number of anilines is 2. The van der Waals surface area contributed by atoms with Crippen LogP contribution in [0.3, 0.4) is 0 Å². The average molecular weight is 312 g/mol. The summed E-state index contributed by atoms with van der Waals surface area (Å²) in [6, 6.07) is 13.8. The molecular weight excluding hydrogens is 288 g/mol. The summed E-state index contributed by atoms with van der Waals surface area (Å²) in [5.74, 6) is 0.862. The molecule has 0 aromatic heterocycles. The molecule has 4 heteroatoms. The number of amides is 1. The standard InChI is InChI=1S/C19H24N2O2/c1-4-23-17-8-6-16(7-9-17)20-12-11-19(22)21-18-10-5-14(2)13-15(18)3/h5-10,13,20H,4,11-12H2,1-3H3,(H,21,22). The maximum Gasteiger partial charge on any atom is 0.226 e. The number of ether oxygens (including phenoxy) is 1. The summed E-state index contributed by atoms with van der Waals surface area (Å²) in [6.45, 7) is 7.25. The topological polar surface area (TPSA) is 50.4 Å².